The van der Waals surface area contributed by atoms with Crippen molar-refractivity contribution < 1.29 is 0 Å². The van der Waals surface area contributed by atoms with E-state index in [1.165, 1.54) is 18.0 Å². The van der Waals surface area contributed by atoms with E-state index in [0.29, 0.717) is 12.0 Å². The van der Waals surface area contributed by atoms with Gasteiger partial charge in [-0.2, -0.15) is 0 Å². The summed E-state index contributed by atoms with van der Waals surface area (Å²) < 4.78 is 0. The summed E-state index contributed by atoms with van der Waals surface area (Å²) in [5, 5.41) is 1.49. The third kappa shape index (κ3) is 2.09. The van der Waals surface area contributed by atoms with Crippen LogP contribution in [0.5, 0.6) is 0 Å². The van der Waals surface area contributed by atoms with Gasteiger partial charge in [-0.25, -0.2) is 0 Å². The fourth-order valence-corrected chi connectivity index (χ4v) is 4.41. The average Bonchev–Trinajstić information content (AvgIpc) is 2.80. The van der Waals surface area contributed by atoms with Crippen LogP contribution in [0.2, 0.25) is 0 Å². The van der Waals surface area contributed by atoms with Gasteiger partial charge in [-0.3, -0.25) is 0 Å². The zero-order valence-corrected chi connectivity index (χ0v) is 11.5. The maximum atomic E-state index is 6.12. The number of nitrogens with zero attached hydrogens (tertiary/aromatic N) is 2. The van der Waals surface area contributed by atoms with Gasteiger partial charge in [0.25, 0.3) is 0 Å². The number of thiophene rings is 1. The maximum absolute atomic E-state index is 6.12. The van der Waals surface area contributed by atoms with Gasteiger partial charge in [-0.15, -0.1) is 11.3 Å². The molecule has 3 heterocycles. The Labute approximate surface area is 107 Å². The summed E-state index contributed by atoms with van der Waals surface area (Å²) in [6.45, 7) is 3.39. The van der Waals surface area contributed by atoms with Crippen molar-refractivity contribution >= 4 is 16.3 Å². The number of piperidine rings is 1. The van der Waals surface area contributed by atoms with Crippen LogP contribution in [-0.2, 0) is 6.42 Å². The number of likely N-dealkylation sites (N-methyl/N-ethyl adjacent to an activating group) is 2. The monoisotopic (exact) mass is 251 g/mol. The molecule has 0 radical (unpaired) electrons. The van der Waals surface area contributed by atoms with Crippen molar-refractivity contribution in [2.24, 2.45) is 5.73 Å². The highest BCUT2D eigenvalue weighted by molar-refractivity contribution is 7.16. The molecule has 3 nitrogen and oxygen atoms in total. The minimum absolute atomic E-state index is 0.341. The Morgan fingerprint density at radius 3 is 2.88 bits per heavy atom. The Balaban J connectivity index is 1.82. The zero-order chi connectivity index (χ0) is 12.0. The smallest absolute Gasteiger partial charge is 0.0942 e. The van der Waals surface area contributed by atoms with Crippen molar-refractivity contribution in [2.45, 2.75) is 24.8 Å². The number of hydrogen-bond donors (Lipinski definition) is 1. The molecule has 2 N–H and O–H groups in total. The SMILES string of the molecule is CN1CC(N)CC(c2cc3c(s2)N(C)CC3)C1. The minimum Gasteiger partial charge on any atom is -0.366 e. The first kappa shape index (κ1) is 11.5. The summed E-state index contributed by atoms with van der Waals surface area (Å²) in [6.07, 6.45) is 2.37. The molecule has 0 aromatic carbocycles. The van der Waals surface area contributed by atoms with Crippen LogP contribution in [0.4, 0.5) is 5.00 Å². The van der Waals surface area contributed by atoms with Crippen LogP contribution < -0.4 is 10.6 Å². The van der Waals surface area contributed by atoms with E-state index in [9.17, 15) is 0 Å². The molecule has 1 fully saturated rings. The van der Waals surface area contributed by atoms with E-state index in [1.807, 2.05) is 11.3 Å². The van der Waals surface area contributed by atoms with Crippen molar-refractivity contribution in [1.82, 2.24) is 4.90 Å². The molecule has 1 aromatic heterocycles. The minimum atomic E-state index is 0.341. The van der Waals surface area contributed by atoms with Gasteiger partial charge in [0, 0.05) is 43.5 Å². The second kappa shape index (κ2) is 4.26. The summed E-state index contributed by atoms with van der Waals surface area (Å²) in [7, 11) is 4.38. The Morgan fingerprint density at radius 1 is 1.35 bits per heavy atom. The standard InChI is InChI=1S/C13H21N3S/c1-15-7-10(5-11(14)8-15)12-6-9-3-4-16(2)13(9)17-12/h6,10-11H,3-5,7-8,14H2,1-2H3. The molecule has 4 heteroatoms. The van der Waals surface area contributed by atoms with Crippen LogP contribution in [0.1, 0.15) is 22.8 Å². The second-order valence-corrected chi connectivity index (χ2v) is 6.63. The van der Waals surface area contributed by atoms with E-state index in [-0.39, 0.29) is 0 Å². The number of hydrogen-bond acceptors (Lipinski definition) is 4. The second-order valence-electron chi connectivity index (χ2n) is 5.56. The molecular formula is C13H21N3S. The Bertz CT molecular complexity index is 405. The van der Waals surface area contributed by atoms with Gasteiger partial charge < -0.3 is 15.5 Å². The van der Waals surface area contributed by atoms with Crippen molar-refractivity contribution in [3.63, 3.8) is 0 Å². The Morgan fingerprint density at radius 2 is 2.18 bits per heavy atom. The van der Waals surface area contributed by atoms with Gasteiger partial charge in [0.15, 0.2) is 0 Å². The van der Waals surface area contributed by atoms with Crippen molar-refractivity contribution in [3.8, 4) is 0 Å². The topological polar surface area (TPSA) is 32.5 Å². The lowest BCUT2D eigenvalue weighted by Crippen LogP contribution is -2.43. The first-order valence-electron chi connectivity index (χ1n) is 6.41. The number of fused-ring (bicyclic) bond motifs is 1. The first-order chi connectivity index (χ1) is 8.13. The number of rotatable bonds is 1. The van der Waals surface area contributed by atoms with E-state index < -0.39 is 0 Å². The van der Waals surface area contributed by atoms with E-state index >= 15 is 0 Å². The highest BCUT2D eigenvalue weighted by Crippen LogP contribution is 2.40. The molecule has 3 rings (SSSR count). The van der Waals surface area contributed by atoms with Gasteiger partial charge in [0.2, 0.25) is 0 Å². The maximum Gasteiger partial charge on any atom is 0.0942 e. The van der Waals surface area contributed by atoms with Crippen LogP contribution in [0, 0.1) is 0 Å². The Kier molecular flexibility index (Phi) is 2.89. The fourth-order valence-electron chi connectivity index (χ4n) is 3.10. The van der Waals surface area contributed by atoms with Crippen molar-refractivity contribution in [1.29, 1.82) is 0 Å². The largest absolute Gasteiger partial charge is 0.366 e. The molecule has 2 aliphatic heterocycles. The number of anilines is 1. The lowest BCUT2D eigenvalue weighted by atomic mass is 9.93. The molecule has 0 amide bonds. The third-order valence-corrected chi connectivity index (χ3v) is 5.39. The van der Waals surface area contributed by atoms with Crippen LogP contribution in [0.3, 0.4) is 0 Å². The van der Waals surface area contributed by atoms with E-state index in [1.54, 1.807) is 10.4 Å². The highest BCUT2D eigenvalue weighted by Gasteiger charge is 2.28. The first-order valence-corrected chi connectivity index (χ1v) is 7.23. The van der Waals surface area contributed by atoms with E-state index in [0.717, 1.165) is 19.5 Å². The molecule has 1 aromatic rings. The summed E-state index contributed by atoms with van der Waals surface area (Å²) in [6, 6.07) is 2.77. The predicted molar refractivity (Wildman–Crippen MR) is 74.1 cm³/mol. The lowest BCUT2D eigenvalue weighted by molar-refractivity contribution is 0.228. The number of likely N-dealkylation sites (tertiary alicyclic amines) is 1. The quantitative estimate of drug-likeness (QED) is 0.821. The van der Waals surface area contributed by atoms with Crippen molar-refractivity contribution in [2.75, 3.05) is 38.6 Å². The Hall–Kier alpha value is -0.580. The molecule has 94 valence electrons. The van der Waals surface area contributed by atoms with Gasteiger partial charge in [0.1, 0.15) is 0 Å². The summed E-state index contributed by atoms with van der Waals surface area (Å²) in [4.78, 5) is 6.30. The molecular weight excluding hydrogens is 230 g/mol. The summed E-state index contributed by atoms with van der Waals surface area (Å²) in [5.41, 5.74) is 7.67. The molecule has 0 saturated carbocycles. The normalized spacial score (nSPS) is 29.7. The third-order valence-electron chi connectivity index (χ3n) is 3.94. The van der Waals surface area contributed by atoms with Gasteiger partial charge in [-0.1, -0.05) is 0 Å². The fraction of sp³-hybridized carbons (Fsp3) is 0.692. The average molecular weight is 251 g/mol. The van der Waals surface area contributed by atoms with E-state index in [4.69, 9.17) is 5.73 Å². The van der Waals surface area contributed by atoms with E-state index in [2.05, 4.69) is 30.0 Å². The molecule has 2 atom stereocenters. The predicted octanol–water partition coefficient (Wildman–Crippen LogP) is 1.49. The molecule has 17 heavy (non-hydrogen) atoms. The lowest BCUT2D eigenvalue weighted by Gasteiger charge is -2.33. The number of nitrogens with two attached hydrogens (primary N) is 1. The summed E-state index contributed by atoms with van der Waals surface area (Å²) >= 11 is 1.98. The van der Waals surface area contributed by atoms with Gasteiger partial charge in [-0.05, 0) is 31.5 Å². The molecule has 1 saturated heterocycles. The highest BCUT2D eigenvalue weighted by atomic mass is 32.1. The van der Waals surface area contributed by atoms with Crippen LogP contribution in [0.15, 0.2) is 6.07 Å². The van der Waals surface area contributed by atoms with Crippen LogP contribution >= 0.6 is 11.3 Å². The van der Waals surface area contributed by atoms with Gasteiger partial charge >= 0.3 is 0 Å². The van der Waals surface area contributed by atoms with Gasteiger partial charge in [0.05, 0.1) is 5.00 Å². The molecule has 2 unspecified atom stereocenters. The van der Waals surface area contributed by atoms with Crippen molar-refractivity contribution in [3.05, 3.63) is 16.5 Å². The van der Waals surface area contributed by atoms with Crippen LogP contribution in [-0.4, -0.2) is 44.7 Å². The molecule has 0 spiro atoms. The summed E-state index contributed by atoms with van der Waals surface area (Å²) in [5.74, 6) is 0.646. The zero-order valence-electron chi connectivity index (χ0n) is 10.6. The molecule has 0 bridgehead atoms. The van der Waals surface area contributed by atoms with Crippen LogP contribution in [0.25, 0.3) is 0 Å². The molecule has 2 aliphatic rings. The molecule has 0 aliphatic carbocycles.